The van der Waals surface area contributed by atoms with Crippen molar-refractivity contribution < 1.29 is 15.0 Å². The lowest BCUT2D eigenvalue weighted by Gasteiger charge is -2.12. The van der Waals surface area contributed by atoms with E-state index in [0.29, 0.717) is 29.0 Å². The van der Waals surface area contributed by atoms with Crippen molar-refractivity contribution in [2.75, 3.05) is 32.5 Å². The van der Waals surface area contributed by atoms with Gasteiger partial charge in [-0.3, -0.25) is 0 Å². The molecule has 0 saturated carbocycles. The first kappa shape index (κ1) is 26.1. The molecule has 0 bridgehead atoms. The second kappa shape index (κ2) is 11.8. The molecular weight excluding hydrogens is 468 g/mol. The number of nitrogens with zero attached hydrogens (tertiary/aromatic N) is 5. The first-order valence-electron chi connectivity index (χ1n) is 12.6. The molecule has 3 N–H and O–H groups in total. The van der Waals surface area contributed by atoms with Gasteiger partial charge in [-0.05, 0) is 56.2 Å². The van der Waals surface area contributed by atoms with Crippen LogP contribution in [0.3, 0.4) is 0 Å². The molecule has 4 rings (SSSR count). The highest BCUT2D eigenvalue weighted by atomic mass is 16.4. The Morgan fingerprint density at radius 1 is 1.05 bits per heavy atom. The van der Waals surface area contributed by atoms with Gasteiger partial charge >= 0.3 is 5.97 Å². The molecule has 9 nitrogen and oxygen atoms in total. The average molecular weight is 503 g/mol. The summed E-state index contributed by atoms with van der Waals surface area (Å²) in [5.41, 5.74) is 3.97. The molecule has 2 aromatic carbocycles. The van der Waals surface area contributed by atoms with E-state index in [1.54, 1.807) is 12.1 Å². The molecule has 0 saturated heterocycles. The summed E-state index contributed by atoms with van der Waals surface area (Å²) in [5, 5.41) is 31.8. The third kappa shape index (κ3) is 6.06. The predicted octanol–water partition coefficient (Wildman–Crippen LogP) is 4.65. The van der Waals surface area contributed by atoms with Gasteiger partial charge in [0.25, 0.3) is 5.88 Å². The van der Waals surface area contributed by atoms with E-state index in [1.807, 2.05) is 55.1 Å². The lowest BCUT2D eigenvalue weighted by molar-refractivity contribution is 0.0697. The van der Waals surface area contributed by atoms with E-state index in [1.165, 1.54) is 0 Å². The van der Waals surface area contributed by atoms with Crippen molar-refractivity contribution in [3.63, 3.8) is 0 Å². The zero-order chi connectivity index (χ0) is 26.4. The van der Waals surface area contributed by atoms with E-state index >= 15 is 0 Å². The molecule has 194 valence electrons. The van der Waals surface area contributed by atoms with Crippen LogP contribution in [0.15, 0.2) is 48.5 Å². The highest BCUT2D eigenvalue weighted by Gasteiger charge is 2.20. The van der Waals surface area contributed by atoms with Crippen molar-refractivity contribution in [3.8, 4) is 17.0 Å². The third-order valence-corrected chi connectivity index (χ3v) is 6.32. The average Bonchev–Trinajstić information content (AvgIpc) is 3.25. The Bertz CT molecular complexity index is 1360. The van der Waals surface area contributed by atoms with Crippen molar-refractivity contribution in [2.24, 2.45) is 0 Å². The molecule has 0 atom stereocenters. The summed E-state index contributed by atoms with van der Waals surface area (Å²) in [6, 6.07) is 14.8. The number of hydrogen-bond donors (Lipinski definition) is 3. The summed E-state index contributed by atoms with van der Waals surface area (Å²) in [4.78, 5) is 18.6. The first-order chi connectivity index (χ1) is 17.9. The number of aromatic nitrogens is 4. The van der Waals surface area contributed by atoms with E-state index in [9.17, 15) is 15.0 Å². The summed E-state index contributed by atoms with van der Waals surface area (Å²) < 4.78 is 2.01. The van der Waals surface area contributed by atoms with Crippen molar-refractivity contribution >= 4 is 22.8 Å². The van der Waals surface area contributed by atoms with Crippen LogP contribution in [0, 0.1) is 0 Å². The molecule has 0 aliphatic rings. The lowest BCUT2D eigenvalue weighted by Crippen LogP contribution is -2.16. The number of hydrogen-bond acceptors (Lipinski definition) is 7. The summed E-state index contributed by atoms with van der Waals surface area (Å²) in [6.07, 6.45) is 3.72. The van der Waals surface area contributed by atoms with Gasteiger partial charge in [-0.1, -0.05) is 55.8 Å². The fourth-order valence-corrected chi connectivity index (χ4v) is 4.39. The van der Waals surface area contributed by atoms with Crippen LogP contribution in [-0.2, 0) is 13.0 Å². The maximum Gasteiger partial charge on any atom is 0.336 e. The highest BCUT2D eigenvalue weighted by molar-refractivity contribution is 5.96. The smallest absolute Gasteiger partial charge is 0.336 e. The largest absolute Gasteiger partial charge is 0.491 e. The SMILES string of the molecule is CCCCc1nc2c(NCCCN(C)C)nnc(O)c2n1Cc1ccc(-c2ccccc2C(=O)O)cc1. The molecule has 2 aromatic heterocycles. The van der Waals surface area contributed by atoms with Crippen LogP contribution in [-0.4, -0.2) is 68.0 Å². The number of aryl methyl sites for hydroxylation is 1. The Kier molecular flexibility index (Phi) is 8.35. The van der Waals surface area contributed by atoms with Gasteiger partial charge in [0.15, 0.2) is 5.82 Å². The van der Waals surface area contributed by atoms with Gasteiger partial charge in [-0.15, -0.1) is 10.2 Å². The standard InChI is InChI=1S/C28H34N6O3/c1-4-5-11-23-30-24-25(27(35)32-31-26(24)29-16-8-17-33(2)3)34(23)18-19-12-14-20(15-13-19)21-9-6-7-10-22(21)28(36)37/h6-7,9-10,12-15H,4-5,8,11,16-18H2,1-3H3,(H,29,31)(H,32,35)(H,36,37). The van der Waals surface area contributed by atoms with E-state index < -0.39 is 5.97 Å². The van der Waals surface area contributed by atoms with Crippen LogP contribution in [0.2, 0.25) is 0 Å². The highest BCUT2D eigenvalue weighted by Crippen LogP contribution is 2.30. The van der Waals surface area contributed by atoms with Crippen LogP contribution in [0.5, 0.6) is 5.88 Å². The van der Waals surface area contributed by atoms with E-state index in [4.69, 9.17) is 4.98 Å². The molecule has 0 aliphatic carbocycles. The van der Waals surface area contributed by atoms with Gasteiger partial charge in [-0.25, -0.2) is 9.78 Å². The molecule has 9 heteroatoms. The van der Waals surface area contributed by atoms with Crippen molar-refractivity contribution in [3.05, 3.63) is 65.5 Å². The number of carboxylic acid groups (broad SMARTS) is 1. The first-order valence-corrected chi connectivity index (χ1v) is 12.6. The van der Waals surface area contributed by atoms with Crippen LogP contribution in [0.4, 0.5) is 5.82 Å². The topological polar surface area (TPSA) is 116 Å². The predicted molar refractivity (Wildman–Crippen MR) is 145 cm³/mol. The number of aromatic carboxylic acids is 1. The van der Waals surface area contributed by atoms with Gasteiger partial charge in [-0.2, -0.15) is 0 Å². The number of nitrogens with one attached hydrogen (secondary N) is 1. The van der Waals surface area contributed by atoms with Gasteiger partial charge in [0.2, 0.25) is 0 Å². The molecule has 0 amide bonds. The fourth-order valence-electron chi connectivity index (χ4n) is 4.39. The number of carboxylic acids is 1. The zero-order valence-electron chi connectivity index (χ0n) is 21.6. The molecule has 0 fully saturated rings. The Balaban J connectivity index is 1.66. The van der Waals surface area contributed by atoms with Gasteiger partial charge in [0.05, 0.1) is 5.56 Å². The Morgan fingerprint density at radius 3 is 2.51 bits per heavy atom. The Morgan fingerprint density at radius 2 is 1.81 bits per heavy atom. The van der Waals surface area contributed by atoms with E-state index in [0.717, 1.165) is 55.7 Å². The van der Waals surface area contributed by atoms with E-state index in [2.05, 4.69) is 27.3 Å². The summed E-state index contributed by atoms with van der Waals surface area (Å²) in [6.45, 7) is 4.31. The lowest BCUT2D eigenvalue weighted by atomic mass is 9.99. The number of fused-ring (bicyclic) bond motifs is 1. The molecular formula is C28H34N6O3. The Hall–Kier alpha value is -3.98. The monoisotopic (exact) mass is 502 g/mol. The van der Waals surface area contributed by atoms with Crippen molar-refractivity contribution in [1.82, 2.24) is 24.6 Å². The van der Waals surface area contributed by atoms with Gasteiger partial charge in [0.1, 0.15) is 16.9 Å². The summed E-state index contributed by atoms with van der Waals surface area (Å²) >= 11 is 0. The molecule has 0 radical (unpaired) electrons. The van der Waals surface area contributed by atoms with Gasteiger partial charge in [0, 0.05) is 19.5 Å². The Labute approximate surface area is 216 Å². The second-order valence-electron chi connectivity index (χ2n) is 9.42. The molecule has 0 spiro atoms. The van der Waals surface area contributed by atoms with Crippen LogP contribution in [0.25, 0.3) is 22.2 Å². The van der Waals surface area contributed by atoms with E-state index in [-0.39, 0.29) is 11.4 Å². The number of carbonyl (C=O) groups is 1. The second-order valence-corrected chi connectivity index (χ2v) is 9.42. The molecule has 0 unspecified atom stereocenters. The molecule has 37 heavy (non-hydrogen) atoms. The number of unbranched alkanes of at least 4 members (excludes halogenated alkanes) is 1. The molecule has 0 aliphatic heterocycles. The minimum absolute atomic E-state index is 0.143. The van der Waals surface area contributed by atoms with Crippen molar-refractivity contribution in [2.45, 2.75) is 39.2 Å². The quantitative estimate of drug-likeness (QED) is 0.240. The summed E-state index contributed by atoms with van der Waals surface area (Å²) in [7, 11) is 4.08. The van der Waals surface area contributed by atoms with Crippen LogP contribution < -0.4 is 5.32 Å². The summed E-state index contributed by atoms with van der Waals surface area (Å²) in [5.74, 6) is 0.353. The van der Waals surface area contributed by atoms with Crippen molar-refractivity contribution in [1.29, 1.82) is 0 Å². The van der Waals surface area contributed by atoms with Gasteiger partial charge < -0.3 is 25.0 Å². The number of imidazole rings is 1. The molecule has 2 heterocycles. The number of aromatic hydroxyl groups is 1. The minimum atomic E-state index is -0.951. The van der Waals surface area contributed by atoms with Crippen LogP contribution in [0.1, 0.15) is 47.9 Å². The normalized spacial score (nSPS) is 11.4. The maximum atomic E-state index is 11.6. The number of anilines is 1. The third-order valence-electron chi connectivity index (χ3n) is 6.32. The maximum absolute atomic E-state index is 11.6. The van der Waals surface area contributed by atoms with Crippen LogP contribution >= 0.6 is 0 Å². The minimum Gasteiger partial charge on any atom is -0.491 e. The number of rotatable bonds is 12. The number of benzene rings is 2. The zero-order valence-corrected chi connectivity index (χ0v) is 21.6. The fraction of sp³-hybridized carbons (Fsp3) is 0.357. The molecule has 4 aromatic rings.